The van der Waals surface area contributed by atoms with Crippen molar-refractivity contribution in [3.8, 4) is 0 Å². The van der Waals surface area contributed by atoms with E-state index >= 15 is 0 Å². The highest BCUT2D eigenvalue weighted by Gasteiger charge is 2.65. The van der Waals surface area contributed by atoms with Gasteiger partial charge in [0, 0.05) is 11.8 Å². The maximum Gasteiger partial charge on any atom is 0.334 e. The second kappa shape index (κ2) is 5.81. The van der Waals surface area contributed by atoms with Gasteiger partial charge in [-0.05, 0) is 17.4 Å². The Morgan fingerprint density at radius 3 is 2.07 bits per heavy atom. The Morgan fingerprint density at radius 1 is 0.889 bits per heavy atom. The number of hydrogen-bond donors (Lipinski definition) is 0. The van der Waals surface area contributed by atoms with Gasteiger partial charge in [-0.1, -0.05) is 47.6 Å². The molecule has 2 bridgehead atoms. The van der Waals surface area contributed by atoms with Crippen LogP contribution >= 0.6 is 0 Å². The van der Waals surface area contributed by atoms with Gasteiger partial charge in [-0.15, -0.1) is 0 Å². The number of oxime groups is 1. The molecule has 6 rings (SSSR count). The number of methoxy groups -OCH3 is 2. The number of rotatable bonds is 3. The highest BCUT2D eigenvalue weighted by Crippen LogP contribution is 2.61. The number of hydrogen-bond acceptors (Lipinski definition) is 6. The summed E-state index contributed by atoms with van der Waals surface area (Å²) in [6.07, 6.45) is 3.94. The van der Waals surface area contributed by atoms with Crippen molar-refractivity contribution in [1.29, 1.82) is 0 Å². The lowest BCUT2D eigenvalue weighted by Crippen LogP contribution is -2.59. The predicted octanol–water partition coefficient (Wildman–Crippen LogP) is 2.11. The summed E-state index contributed by atoms with van der Waals surface area (Å²) in [5.74, 6) is -1.19. The molecule has 0 amide bonds. The topological polar surface area (TPSA) is 74.2 Å². The van der Waals surface area contributed by atoms with Crippen molar-refractivity contribution in [2.24, 2.45) is 34.7 Å². The molecule has 6 atom stereocenters. The van der Waals surface area contributed by atoms with Gasteiger partial charge in [0.15, 0.2) is 0 Å². The molecule has 6 nitrogen and oxygen atoms in total. The van der Waals surface area contributed by atoms with Gasteiger partial charge in [-0.3, -0.25) is 0 Å². The fourth-order valence-electron chi connectivity index (χ4n) is 5.26. The third-order valence-corrected chi connectivity index (χ3v) is 6.35. The van der Waals surface area contributed by atoms with Crippen molar-refractivity contribution >= 4 is 17.7 Å². The molecular weight excluding hydrogens is 346 g/mol. The number of carbonyl (C=O) groups excluding carboxylic acids is 2. The summed E-state index contributed by atoms with van der Waals surface area (Å²) in [4.78, 5) is 31.2. The molecule has 6 heteroatoms. The van der Waals surface area contributed by atoms with E-state index in [0.29, 0.717) is 11.1 Å². The number of benzene rings is 1. The Bertz CT molecular complexity index is 916. The summed E-state index contributed by atoms with van der Waals surface area (Å²) in [5.41, 5.74) is 2.63. The summed E-state index contributed by atoms with van der Waals surface area (Å²) in [6.45, 7) is 0. The molecule has 0 aromatic heterocycles. The van der Waals surface area contributed by atoms with Gasteiger partial charge in [-0.2, -0.15) is 0 Å². The summed E-state index contributed by atoms with van der Waals surface area (Å²) >= 11 is 0. The van der Waals surface area contributed by atoms with Crippen molar-refractivity contribution in [2.75, 3.05) is 14.2 Å². The standard InChI is InChI=1S/C21H19NO5/c1-25-20(23)15-13-11-8-9-12(11)14(16(15)21(24)26-2)19-17(13)18(22-27-19)10-6-4-3-5-7-10/h3-9,11-14,17,19H,1-2H3. The third kappa shape index (κ3) is 2.04. The van der Waals surface area contributed by atoms with E-state index in [1.807, 2.05) is 30.3 Å². The van der Waals surface area contributed by atoms with Gasteiger partial charge in [0.1, 0.15) is 6.10 Å². The van der Waals surface area contributed by atoms with Gasteiger partial charge in [0.25, 0.3) is 0 Å². The van der Waals surface area contributed by atoms with E-state index in [1.165, 1.54) is 14.2 Å². The average molecular weight is 365 g/mol. The first-order valence-electron chi connectivity index (χ1n) is 9.05. The summed E-state index contributed by atoms with van der Waals surface area (Å²) in [7, 11) is 2.68. The zero-order valence-electron chi connectivity index (χ0n) is 15.0. The Labute approximate surface area is 156 Å². The molecule has 27 heavy (non-hydrogen) atoms. The summed E-state index contributed by atoms with van der Waals surface area (Å²) in [5, 5.41) is 4.39. The van der Waals surface area contributed by atoms with Gasteiger partial charge < -0.3 is 14.3 Å². The minimum absolute atomic E-state index is 0.0916. The molecule has 1 aromatic rings. The van der Waals surface area contributed by atoms with E-state index in [1.54, 1.807) is 0 Å². The Morgan fingerprint density at radius 2 is 1.48 bits per heavy atom. The normalized spacial score (nSPS) is 34.8. The van der Waals surface area contributed by atoms with Crippen LogP contribution < -0.4 is 0 Å². The van der Waals surface area contributed by atoms with Gasteiger partial charge in [0.2, 0.25) is 0 Å². The SMILES string of the molecule is COC(=O)C1=C(C(=O)OC)C2C3C=CC3C1C1ON=C(c3ccccc3)C12. The molecule has 1 fully saturated rings. The molecule has 0 saturated heterocycles. The summed E-state index contributed by atoms with van der Waals surface area (Å²) < 4.78 is 10.1. The number of nitrogens with zero attached hydrogens (tertiary/aromatic N) is 1. The highest BCUT2D eigenvalue weighted by molar-refractivity contribution is 6.08. The fraction of sp³-hybridized carbons (Fsp3) is 0.381. The summed E-state index contributed by atoms with van der Waals surface area (Å²) in [6, 6.07) is 9.84. The van der Waals surface area contributed by atoms with Crippen LogP contribution in [0, 0.1) is 29.6 Å². The molecule has 1 heterocycles. The molecular formula is C21H19NO5. The van der Waals surface area contributed by atoms with Crippen LogP contribution in [0.2, 0.25) is 0 Å². The van der Waals surface area contributed by atoms with Crippen molar-refractivity contribution in [1.82, 2.24) is 0 Å². The van der Waals surface area contributed by atoms with Crippen LogP contribution in [-0.4, -0.2) is 38.0 Å². The first kappa shape index (κ1) is 16.3. The first-order chi connectivity index (χ1) is 13.2. The van der Waals surface area contributed by atoms with E-state index in [0.717, 1.165) is 11.3 Å². The molecule has 1 aliphatic heterocycles. The molecule has 138 valence electrons. The number of esters is 2. The van der Waals surface area contributed by atoms with Crippen molar-refractivity contribution < 1.29 is 23.9 Å². The smallest absolute Gasteiger partial charge is 0.334 e. The van der Waals surface area contributed by atoms with Gasteiger partial charge in [-0.25, -0.2) is 9.59 Å². The molecule has 5 aliphatic rings. The van der Waals surface area contributed by atoms with Crippen LogP contribution in [0.4, 0.5) is 0 Å². The Hall–Kier alpha value is -2.89. The Kier molecular flexibility index (Phi) is 3.50. The van der Waals surface area contributed by atoms with E-state index in [2.05, 4.69) is 17.3 Å². The van der Waals surface area contributed by atoms with Crippen LogP contribution in [0.5, 0.6) is 0 Å². The maximum atomic E-state index is 12.7. The monoisotopic (exact) mass is 365 g/mol. The van der Waals surface area contributed by atoms with E-state index in [9.17, 15) is 9.59 Å². The van der Waals surface area contributed by atoms with E-state index in [-0.39, 0.29) is 35.7 Å². The maximum absolute atomic E-state index is 12.7. The number of allylic oxidation sites excluding steroid dienone is 2. The second-order valence-corrected chi connectivity index (χ2v) is 7.34. The minimum Gasteiger partial charge on any atom is -0.466 e. The molecule has 1 saturated carbocycles. The first-order valence-corrected chi connectivity index (χ1v) is 9.05. The van der Waals surface area contributed by atoms with Crippen molar-refractivity contribution in [3.63, 3.8) is 0 Å². The minimum atomic E-state index is -0.487. The zero-order chi connectivity index (χ0) is 18.7. The lowest BCUT2D eigenvalue weighted by molar-refractivity contribution is -0.146. The Balaban J connectivity index is 1.68. The highest BCUT2D eigenvalue weighted by atomic mass is 16.6. The molecule has 0 N–H and O–H groups in total. The molecule has 0 spiro atoms. The quantitative estimate of drug-likeness (QED) is 0.606. The largest absolute Gasteiger partial charge is 0.466 e. The second-order valence-electron chi connectivity index (χ2n) is 7.34. The molecule has 0 radical (unpaired) electrons. The van der Waals surface area contributed by atoms with Crippen molar-refractivity contribution in [2.45, 2.75) is 6.10 Å². The molecule has 4 aliphatic carbocycles. The van der Waals surface area contributed by atoms with Crippen LogP contribution in [-0.2, 0) is 23.9 Å². The third-order valence-electron chi connectivity index (χ3n) is 6.35. The fourth-order valence-corrected chi connectivity index (χ4v) is 5.26. The zero-order valence-corrected chi connectivity index (χ0v) is 15.0. The van der Waals surface area contributed by atoms with Gasteiger partial charge in [0.05, 0.1) is 37.0 Å². The number of ether oxygens (including phenoxy) is 2. The van der Waals surface area contributed by atoms with Crippen LogP contribution in [0.15, 0.2) is 58.8 Å². The van der Waals surface area contributed by atoms with Crippen molar-refractivity contribution in [3.05, 3.63) is 59.2 Å². The van der Waals surface area contributed by atoms with E-state index in [4.69, 9.17) is 14.3 Å². The molecule has 6 unspecified atom stereocenters. The lowest BCUT2D eigenvalue weighted by atomic mass is 9.47. The average Bonchev–Trinajstić information content (AvgIpc) is 3.12. The van der Waals surface area contributed by atoms with E-state index < -0.39 is 11.9 Å². The van der Waals surface area contributed by atoms with Gasteiger partial charge >= 0.3 is 11.9 Å². The lowest BCUT2D eigenvalue weighted by Gasteiger charge is -2.55. The molecule has 1 aromatic carbocycles. The van der Waals surface area contributed by atoms with Crippen LogP contribution in [0.1, 0.15) is 5.56 Å². The number of carbonyl (C=O) groups is 2. The van der Waals surface area contributed by atoms with Crippen LogP contribution in [0.3, 0.4) is 0 Å². The van der Waals surface area contributed by atoms with Crippen LogP contribution in [0.25, 0.3) is 0 Å². The predicted molar refractivity (Wildman–Crippen MR) is 95.5 cm³/mol.